The molecule has 1 aromatic heterocycles. The predicted octanol–water partition coefficient (Wildman–Crippen LogP) is 3.39. The number of halogens is 4. The van der Waals surface area contributed by atoms with Crippen LogP contribution in [0.5, 0.6) is 0 Å². The fraction of sp³-hybridized carbons (Fsp3) is 0.368. The van der Waals surface area contributed by atoms with E-state index in [9.17, 15) is 22.4 Å². The average Bonchev–Trinajstić information content (AvgIpc) is 2.88. The van der Waals surface area contributed by atoms with Crippen LogP contribution in [0.4, 0.5) is 29.1 Å². The minimum atomic E-state index is -4.41. The number of hydrogen-bond donors (Lipinski definition) is 1. The molecule has 0 radical (unpaired) electrons. The summed E-state index contributed by atoms with van der Waals surface area (Å²) in [5.41, 5.74) is -0.643. The normalized spacial score (nSPS) is 15.9. The van der Waals surface area contributed by atoms with Crippen LogP contribution < -0.4 is 10.2 Å². The number of pyridine rings is 1. The van der Waals surface area contributed by atoms with Crippen molar-refractivity contribution in [1.29, 1.82) is 0 Å². The molecule has 1 saturated heterocycles. The monoisotopic (exact) mass is 396 g/mol. The van der Waals surface area contributed by atoms with Crippen LogP contribution in [0.3, 0.4) is 0 Å². The van der Waals surface area contributed by atoms with Gasteiger partial charge in [0, 0.05) is 32.4 Å². The van der Waals surface area contributed by atoms with Crippen LogP contribution in [0, 0.1) is 5.82 Å². The Kier molecular flexibility index (Phi) is 6.13. The van der Waals surface area contributed by atoms with Gasteiger partial charge in [-0.1, -0.05) is 12.1 Å². The zero-order valence-electron chi connectivity index (χ0n) is 15.0. The quantitative estimate of drug-likeness (QED) is 0.805. The van der Waals surface area contributed by atoms with Crippen LogP contribution in [0.15, 0.2) is 42.6 Å². The molecule has 0 unspecified atom stereocenters. The lowest BCUT2D eigenvalue weighted by Crippen LogP contribution is -2.36. The zero-order chi connectivity index (χ0) is 20.1. The van der Waals surface area contributed by atoms with Crippen molar-refractivity contribution in [2.45, 2.75) is 12.6 Å². The second kappa shape index (κ2) is 8.55. The molecule has 9 heteroatoms. The Morgan fingerprint density at radius 3 is 2.54 bits per heavy atom. The Bertz CT molecular complexity index is 810. The highest BCUT2D eigenvalue weighted by Crippen LogP contribution is 2.29. The Balaban J connectivity index is 1.54. The van der Waals surface area contributed by atoms with Gasteiger partial charge in [-0.3, -0.25) is 9.69 Å². The number of aromatic nitrogens is 1. The van der Waals surface area contributed by atoms with Crippen molar-refractivity contribution in [1.82, 2.24) is 9.88 Å². The van der Waals surface area contributed by atoms with E-state index in [-0.39, 0.29) is 18.1 Å². The van der Waals surface area contributed by atoms with Gasteiger partial charge in [0.1, 0.15) is 11.6 Å². The van der Waals surface area contributed by atoms with E-state index in [1.807, 2.05) is 9.80 Å². The molecule has 2 heterocycles. The molecule has 0 saturated carbocycles. The van der Waals surface area contributed by atoms with Gasteiger partial charge in [-0.25, -0.2) is 9.37 Å². The van der Waals surface area contributed by atoms with Crippen molar-refractivity contribution in [2.75, 3.05) is 42.9 Å². The summed E-state index contributed by atoms with van der Waals surface area (Å²) in [6, 6.07) is 8.34. The number of hydrogen-bond acceptors (Lipinski definition) is 4. The summed E-state index contributed by atoms with van der Waals surface area (Å²) in [7, 11) is 0. The molecule has 5 nitrogen and oxygen atoms in total. The number of nitrogens with one attached hydrogen (secondary N) is 1. The van der Waals surface area contributed by atoms with Gasteiger partial charge < -0.3 is 10.2 Å². The lowest BCUT2D eigenvalue weighted by atomic mass is 10.2. The van der Waals surface area contributed by atoms with Crippen molar-refractivity contribution in [3.05, 3.63) is 54.0 Å². The molecule has 1 fully saturated rings. The Morgan fingerprint density at radius 2 is 1.86 bits per heavy atom. The first-order valence-corrected chi connectivity index (χ1v) is 8.88. The van der Waals surface area contributed by atoms with Gasteiger partial charge in [0.15, 0.2) is 0 Å². The molecule has 0 atom stereocenters. The summed E-state index contributed by atoms with van der Waals surface area (Å²) < 4.78 is 51.6. The van der Waals surface area contributed by atoms with Crippen molar-refractivity contribution in [3.8, 4) is 0 Å². The van der Waals surface area contributed by atoms with E-state index >= 15 is 0 Å². The maximum Gasteiger partial charge on any atom is 0.417 e. The van der Waals surface area contributed by atoms with Gasteiger partial charge >= 0.3 is 6.18 Å². The van der Waals surface area contributed by atoms with Gasteiger partial charge in [-0.2, -0.15) is 13.2 Å². The van der Waals surface area contributed by atoms with E-state index in [1.54, 1.807) is 12.1 Å². The number of alkyl halides is 3. The van der Waals surface area contributed by atoms with Gasteiger partial charge in [0.2, 0.25) is 5.91 Å². The number of benzene rings is 1. The van der Waals surface area contributed by atoms with E-state index < -0.39 is 17.6 Å². The number of para-hydroxylation sites is 1. The van der Waals surface area contributed by atoms with Crippen LogP contribution in [0.25, 0.3) is 0 Å². The summed E-state index contributed by atoms with van der Waals surface area (Å²) in [6.07, 6.45) is -2.85. The zero-order valence-corrected chi connectivity index (χ0v) is 15.0. The third-order valence-corrected chi connectivity index (χ3v) is 4.50. The first-order chi connectivity index (χ1) is 13.3. The Hall–Kier alpha value is -2.68. The van der Waals surface area contributed by atoms with Crippen LogP contribution in [-0.2, 0) is 11.0 Å². The van der Waals surface area contributed by atoms with Crippen LogP contribution in [0.2, 0.25) is 0 Å². The molecule has 1 aromatic carbocycles. The SMILES string of the molecule is O=C(CN1CCCN(c2ccc(C(F)(F)F)cn2)CC1)Nc1ccccc1F. The summed E-state index contributed by atoms with van der Waals surface area (Å²) in [6.45, 7) is 2.48. The maximum absolute atomic E-state index is 13.6. The van der Waals surface area contributed by atoms with E-state index in [0.717, 1.165) is 18.7 Å². The molecule has 0 aliphatic carbocycles. The molecule has 1 amide bonds. The maximum atomic E-state index is 13.6. The number of carbonyl (C=O) groups excluding carboxylic acids is 1. The van der Waals surface area contributed by atoms with Crippen LogP contribution in [0.1, 0.15) is 12.0 Å². The molecule has 0 bridgehead atoms. The van der Waals surface area contributed by atoms with E-state index in [0.29, 0.717) is 32.0 Å². The van der Waals surface area contributed by atoms with Crippen molar-refractivity contribution >= 4 is 17.4 Å². The average molecular weight is 396 g/mol. The van der Waals surface area contributed by atoms with E-state index in [2.05, 4.69) is 10.3 Å². The molecule has 0 spiro atoms. The van der Waals surface area contributed by atoms with Gasteiger partial charge in [-0.05, 0) is 30.7 Å². The Morgan fingerprint density at radius 1 is 1.07 bits per heavy atom. The lowest BCUT2D eigenvalue weighted by Gasteiger charge is -2.22. The molecule has 3 rings (SSSR count). The summed E-state index contributed by atoms with van der Waals surface area (Å²) in [4.78, 5) is 19.9. The molecule has 2 aromatic rings. The van der Waals surface area contributed by atoms with E-state index in [1.165, 1.54) is 18.2 Å². The highest BCUT2D eigenvalue weighted by atomic mass is 19.4. The summed E-state index contributed by atoms with van der Waals surface area (Å²) in [5.74, 6) is -0.330. The van der Waals surface area contributed by atoms with Crippen LogP contribution >= 0.6 is 0 Å². The van der Waals surface area contributed by atoms with Crippen molar-refractivity contribution in [2.24, 2.45) is 0 Å². The molecular weight excluding hydrogens is 376 g/mol. The first kappa shape index (κ1) is 20.1. The van der Waals surface area contributed by atoms with Crippen LogP contribution in [-0.4, -0.2) is 48.5 Å². The number of carbonyl (C=O) groups is 1. The van der Waals surface area contributed by atoms with Gasteiger partial charge in [0.25, 0.3) is 0 Å². The van der Waals surface area contributed by atoms with Crippen molar-refractivity contribution < 1.29 is 22.4 Å². The van der Waals surface area contributed by atoms with Gasteiger partial charge in [-0.15, -0.1) is 0 Å². The second-order valence-corrected chi connectivity index (χ2v) is 6.55. The molecule has 1 N–H and O–H groups in total. The topological polar surface area (TPSA) is 48.5 Å². The molecular formula is C19H20F4N4O. The molecule has 150 valence electrons. The lowest BCUT2D eigenvalue weighted by molar-refractivity contribution is -0.137. The highest BCUT2D eigenvalue weighted by Gasteiger charge is 2.31. The third-order valence-electron chi connectivity index (χ3n) is 4.50. The third kappa shape index (κ3) is 5.19. The second-order valence-electron chi connectivity index (χ2n) is 6.55. The first-order valence-electron chi connectivity index (χ1n) is 8.88. The smallest absolute Gasteiger partial charge is 0.355 e. The molecule has 1 aliphatic rings. The summed E-state index contributed by atoms with van der Waals surface area (Å²) >= 11 is 0. The fourth-order valence-electron chi connectivity index (χ4n) is 3.05. The largest absolute Gasteiger partial charge is 0.417 e. The van der Waals surface area contributed by atoms with Crippen molar-refractivity contribution in [3.63, 3.8) is 0 Å². The molecule has 1 aliphatic heterocycles. The Labute approximate surface area is 160 Å². The summed E-state index contributed by atoms with van der Waals surface area (Å²) in [5, 5.41) is 2.55. The predicted molar refractivity (Wildman–Crippen MR) is 97.5 cm³/mol. The standard InChI is InChI=1S/C19H20F4N4O/c20-15-4-1-2-5-16(15)25-18(28)13-26-8-3-9-27(11-10-26)17-7-6-14(12-24-17)19(21,22)23/h1-2,4-7,12H,3,8-11,13H2,(H,25,28). The number of rotatable bonds is 4. The number of anilines is 2. The number of amides is 1. The molecule has 28 heavy (non-hydrogen) atoms. The van der Waals surface area contributed by atoms with E-state index in [4.69, 9.17) is 0 Å². The van der Waals surface area contributed by atoms with Gasteiger partial charge in [0.05, 0.1) is 17.8 Å². The minimum absolute atomic E-state index is 0.114. The number of nitrogens with zero attached hydrogens (tertiary/aromatic N) is 3. The fourth-order valence-corrected chi connectivity index (χ4v) is 3.05. The highest BCUT2D eigenvalue weighted by molar-refractivity contribution is 5.92. The minimum Gasteiger partial charge on any atom is -0.355 e.